The number of piperidine rings is 1. The van der Waals surface area contributed by atoms with Crippen LogP contribution in [0.25, 0.3) is 16.9 Å². The first-order valence-corrected chi connectivity index (χ1v) is 10.9. The van der Waals surface area contributed by atoms with E-state index in [1.807, 2.05) is 36.1 Å². The van der Waals surface area contributed by atoms with Gasteiger partial charge in [0.1, 0.15) is 0 Å². The highest BCUT2D eigenvalue weighted by Gasteiger charge is 2.32. The molecule has 0 radical (unpaired) electrons. The number of carbonyl (C=O) groups is 2. The Morgan fingerprint density at radius 1 is 1.13 bits per heavy atom. The summed E-state index contributed by atoms with van der Waals surface area (Å²) in [5, 5.41) is 8.19. The second-order valence-electron chi connectivity index (χ2n) is 8.43. The highest BCUT2D eigenvalue weighted by Crippen LogP contribution is 2.41. The molecule has 0 unspecified atom stereocenters. The number of nitrogens with one attached hydrogen (secondary N) is 1. The van der Waals surface area contributed by atoms with Gasteiger partial charge in [0, 0.05) is 43.9 Å². The summed E-state index contributed by atoms with van der Waals surface area (Å²) >= 11 is 0. The summed E-state index contributed by atoms with van der Waals surface area (Å²) in [6.45, 7) is 3.06. The highest BCUT2D eigenvalue weighted by atomic mass is 16.2. The number of aromatic nitrogens is 4. The summed E-state index contributed by atoms with van der Waals surface area (Å²) < 4.78 is 1.74. The van der Waals surface area contributed by atoms with Gasteiger partial charge < -0.3 is 10.2 Å². The Labute approximate surface area is 180 Å². The molecule has 2 fully saturated rings. The number of pyridine rings is 2. The van der Waals surface area contributed by atoms with E-state index in [1.54, 1.807) is 17.9 Å². The SMILES string of the molecule is CNC(=O)C1CCN(C(=O)c2cc(C3CC3)nc3c2c(C)nn3-c2ccccn2)CC1. The Bertz CT molecular complexity index is 1140. The first-order valence-electron chi connectivity index (χ1n) is 10.9. The second kappa shape index (κ2) is 7.76. The van der Waals surface area contributed by atoms with Gasteiger partial charge >= 0.3 is 0 Å². The molecule has 8 nitrogen and oxygen atoms in total. The first kappa shape index (κ1) is 19.7. The van der Waals surface area contributed by atoms with E-state index in [0.29, 0.717) is 48.9 Å². The maximum Gasteiger partial charge on any atom is 0.254 e. The van der Waals surface area contributed by atoms with Crippen molar-refractivity contribution >= 4 is 22.8 Å². The molecular weight excluding hydrogens is 392 g/mol. The first-order chi connectivity index (χ1) is 15.1. The number of nitrogens with zero attached hydrogens (tertiary/aromatic N) is 5. The number of carbonyl (C=O) groups excluding carboxylic acids is 2. The van der Waals surface area contributed by atoms with Gasteiger partial charge in [0.2, 0.25) is 5.91 Å². The summed E-state index contributed by atoms with van der Waals surface area (Å²) in [7, 11) is 1.66. The summed E-state index contributed by atoms with van der Waals surface area (Å²) in [6.07, 6.45) is 5.29. The van der Waals surface area contributed by atoms with Crippen molar-refractivity contribution in [2.75, 3.05) is 20.1 Å². The number of amides is 2. The van der Waals surface area contributed by atoms with E-state index < -0.39 is 0 Å². The van der Waals surface area contributed by atoms with Crippen molar-refractivity contribution in [1.29, 1.82) is 0 Å². The van der Waals surface area contributed by atoms with Gasteiger partial charge in [-0.2, -0.15) is 9.78 Å². The molecule has 3 aromatic heterocycles. The van der Waals surface area contributed by atoms with E-state index in [0.717, 1.165) is 29.6 Å². The molecule has 0 atom stereocenters. The Morgan fingerprint density at radius 2 is 1.90 bits per heavy atom. The zero-order valence-corrected chi connectivity index (χ0v) is 17.8. The van der Waals surface area contributed by atoms with Gasteiger partial charge in [0.05, 0.1) is 16.6 Å². The van der Waals surface area contributed by atoms with Gasteiger partial charge in [0.25, 0.3) is 5.91 Å². The molecule has 0 bridgehead atoms. The van der Waals surface area contributed by atoms with E-state index in [9.17, 15) is 9.59 Å². The zero-order chi connectivity index (χ0) is 21.5. The molecule has 0 aromatic carbocycles. The molecule has 1 aliphatic heterocycles. The Balaban J connectivity index is 1.55. The molecule has 1 aliphatic carbocycles. The molecule has 4 heterocycles. The maximum atomic E-state index is 13.6. The summed E-state index contributed by atoms with van der Waals surface area (Å²) in [5.74, 6) is 1.12. The minimum absolute atomic E-state index is 0.00618. The number of likely N-dealkylation sites (tertiary alicyclic amines) is 1. The highest BCUT2D eigenvalue weighted by molar-refractivity contribution is 6.07. The molecular formula is C23H26N6O2. The fourth-order valence-corrected chi connectivity index (χ4v) is 4.42. The van der Waals surface area contributed by atoms with E-state index in [4.69, 9.17) is 4.98 Å². The maximum absolute atomic E-state index is 13.6. The Kier molecular flexibility index (Phi) is 4.92. The molecule has 160 valence electrons. The van der Waals surface area contributed by atoms with Crippen molar-refractivity contribution in [3.8, 4) is 5.82 Å². The monoisotopic (exact) mass is 418 g/mol. The number of hydrogen-bond donors (Lipinski definition) is 1. The smallest absolute Gasteiger partial charge is 0.254 e. The molecule has 1 saturated carbocycles. The van der Waals surface area contributed by atoms with Crippen LogP contribution in [-0.4, -0.2) is 56.6 Å². The normalized spacial score (nSPS) is 17.2. The lowest BCUT2D eigenvalue weighted by Gasteiger charge is -2.31. The fraction of sp³-hybridized carbons (Fsp3) is 0.435. The van der Waals surface area contributed by atoms with Crippen molar-refractivity contribution < 1.29 is 9.59 Å². The van der Waals surface area contributed by atoms with Crippen LogP contribution < -0.4 is 5.32 Å². The van der Waals surface area contributed by atoms with Crippen LogP contribution >= 0.6 is 0 Å². The molecule has 0 spiro atoms. The minimum Gasteiger partial charge on any atom is -0.359 e. The van der Waals surface area contributed by atoms with Gasteiger partial charge in [-0.05, 0) is 50.8 Å². The van der Waals surface area contributed by atoms with Crippen LogP contribution in [0.1, 0.15) is 53.3 Å². The zero-order valence-electron chi connectivity index (χ0n) is 17.8. The molecule has 8 heteroatoms. The third-order valence-corrected chi connectivity index (χ3v) is 6.32. The minimum atomic E-state index is -0.0258. The lowest BCUT2D eigenvalue weighted by atomic mass is 9.95. The predicted octanol–water partition coefficient (Wildman–Crippen LogP) is 2.60. The lowest BCUT2D eigenvalue weighted by molar-refractivity contribution is -0.125. The average molecular weight is 419 g/mol. The topological polar surface area (TPSA) is 93.0 Å². The van der Waals surface area contributed by atoms with Crippen LogP contribution in [0, 0.1) is 12.8 Å². The second-order valence-corrected chi connectivity index (χ2v) is 8.43. The van der Waals surface area contributed by atoms with Gasteiger partial charge in [-0.25, -0.2) is 9.97 Å². The van der Waals surface area contributed by atoms with Crippen LogP contribution in [0.3, 0.4) is 0 Å². The molecule has 1 N–H and O–H groups in total. The van der Waals surface area contributed by atoms with Gasteiger partial charge in [0.15, 0.2) is 11.5 Å². The van der Waals surface area contributed by atoms with Gasteiger partial charge in [-0.1, -0.05) is 6.07 Å². The average Bonchev–Trinajstić information content (AvgIpc) is 3.62. The Hall–Kier alpha value is -3.29. The van der Waals surface area contributed by atoms with Crippen LogP contribution in [0.15, 0.2) is 30.5 Å². The van der Waals surface area contributed by atoms with E-state index in [2.05, 4.69) is 15.4 Å². The largest absolute Gasteiger partial charge is 0.359 e. The fourth-order valence-electron chi connectivity index (χ4n) is 4.42. The number of rotatable bonds is 4. The third-order valence-electron chi connectivity index (χ3n) is 6.32. The van der Waals surface area contributed by atoms with Crippen LogP contribution in [0.2, 0.25) is 0 Å². The molecule has 1 saturated heterocycles. The number of fused-ring (bicyclic) bond motifs is 1. The Morgan fingerprint density at radius 3 is 2.55 bits per heavy atom. The van der Waals surface area contributed by atoms with E-state index in [-0.39, 0.29) is 17.7 Å². The van der Waals surface area contributed by atoms with Crippen LogP contribution in [0.4, 0.5) is 0 Å². The van der Waals surface area contributed by atoms with E-state index in [1.165, 1.54) is 0 Å². The van der Waals surface area contributed by atoms with Crippen LogP contribution in [0.5, 0.6) is 0 Å². The number of aryl methyl sites for hydroxylation is 1. The van der Waals surface area contributed by atoms with Crippen molar-refractivity contribution in [2.45, 2.75) is 38.5 Å². The molecule has 2 aliphatic rings. The quantitative estimate of drug-likeness (QED) is 0.703. The summed E-state index contributed by atoms with van der Waals surface area (Å²) in [6, 6.07) is 7.63. The lowest BCUT2D eigenvalue weighted by Crippen LogP contribution is -2.42. The van der Waals surface area contributed by atoms with Crippen molar-refractivity contribution in [3.05, 3.63) is 47.4 Å². The van der Waals surface area contributed by atoms with Crippen molar-refractivity contribution in [1.82, 2.24) is 30.0 Å². The third kappa shape index (κ3) is 3.56. The van der Waals surface area contributed by atoms with Crippen molar-refractivity contribution in [2.24, 2.45) is 5.92 Å². The standard InChI is InChI=1S/C23H26N6O2/c1-14-20-17(23(31)28-11-8-16(9-12-28)22(30)24-2)13-18(15-6-7-15)26-21(20)29(27-14)19-5-3-4-10-25-19/h3-5,10,13,15-16H,6-9,11-12H2,1-2H3,(H,24,30). The molecule has 3 aromatic rings. The van der Waals surface area contributed by atoms with E-state index >= 15 is 0 Å². The molecule has 2 amide bonds. The van der Waals surface area contributed by atoms with Gasteiger partial charge in [-0.3, -0.25) is 9.59 Å². The summed E-state index contributed by atoms with van der Waals surface area (Å²) in [4.78, 5) is 36.8. The van der Waals surface area contributed by atoms with Crippen molar-refractivity contribution in [3.63, 3.8) is 0 Å². The molecule has 31 heavy (non-hydrogen) atoms. The van der Waals surface area contributed by atoms with Crippen LogP contribution in [-0.2, 0) is 4.79 Å². The van der Waals surface area contributed by atoms with Gasteiger partial charge in [-0.15, -0.1) is 0 Å². The molecule has 5 rings (SSSR count). The summed E-state index contributed by atoms with van der Waals surface area (Å²) in [5.41, 5.74) is 3.06. The predicted molar refractivity (Wildman–Crippen MR) is 116 cm³/mol. The number of hydrogen-bond acceptors (Lipinski definition) is 5.